The van der Waals surface area contributed by atoms with Gasteiger partial charge >= 0.3 is 11.9 Å². The minimum atomic E-state index is -1.33. The lowest BCUT2D eigenvalue weighted by atomic mass is 9.78. The highest BCUT2D eigenvalue weighted by Gasteiger charge is 2.59. The van der Waals surface area contributed by atoms with E-state index in [0.29, 0.717) is 44.4 Å². The van der Waals surface area contributed by atoms with Crippen LogP contribution in [0.3, 0.4) is 0 Å². The first-order valence-electron chi connectivity index (χ1n) is 21.8. The molecular formula is C48H67N3O9. The lowest BCUT2D eigenvalue weighted by Crippen LogP contribution is -2.60. The molecule has 3 fully saturated rings. The van der Waals surface area contributed by atoms with Crippen molar-refractivity contribution in [1.82, 2.24) is 9.80 Å². The molecule has 4 heterocycles. The molecule has 12 nitrogen and oxygen atoms in total. The molecule has 12 heteroatoms. The van der Waals surface area contributed by atoms with Crippen LogP contribution in [-0.4, -0.2) is 132 Å². The molecule has 0 aromatic heterocycles. The van der Waals surface area contributed by atoms with Crippen LogP contribution in [0.4, 0.5) is 0 Å². The third kappa shape index (κ3) is 10.1. The molecule has 3 saturated heterocycles. The van der Waals surface area contributed by atoms with E-state index in [4.69, 9.17) is 28.7 Å². The molecule has 6 rings (SSSR count). The second-order valence-corrected chi connectivity index (χ2v) is 18.3. The zero-order valence-electron chi connectivity index (χ0n) is 37.2. The van der Waals surface area contributed by atoms with Crippen molar-refractivity contribution in [2.24, 2.45) is 22.7 Å². The molecule has 1 N–H and O–H groups in total. The number of carbonyl (C=O) groups is 3. The Morgan fingerprint density at radius 2 is 1.82 bits per heavy atom. The number of cyclic esters (lactones) is 1. The van der Waals surface area contributed by atoms with Gasteiger partial charge in [-0.05, 0) is 110 Å². The molecule has 60 heavy (non-hydrogen) atoms. The molecule has 4 aliphatic heterocycles. The van der Waals surface area contributed by atoms with E-state index in [0.717, 1.165) is 11.1 Å². The molecule has 0 spiro atoms. The van der Waals surface area contributed by atoms with Crippen molar-refractivity contribution in [3.63, 3.8) is 0 Å². The number of Topliss-reactive ketones (excluding diaryl/α,β-unsaturated/α-hetero) is 1. The van der Waals surface area contributed by atoms with Crippen molar-refractivity contribution in [2.75, 3.05) is 27.2 Å². The number of esters is 2. The number of hydrogen-bond donors (Lipinski definition) is 1. The number of carbonyl (C=O) groups excluding carboxylic acids is 3. The quantitative estimate of drug-likeness (QED) is 0.124. The number of ketones is 1. The fraction of sp³-hybridized carbons (Fsp3) is 0.625. The first-order valence-corrected chi connectivity index (χ1v) is 21.8. The van der Waals surface area contributed by atoms with Gasteiger partial charge in [-0.2, -0.15) is 0 Å². The summed E-state index contributed by atoms with van der Waals surface area (Å²) in [6, 6.07) is 8.37. The maximum Gasteiger partial charge on any atom is 0.338 e. The SMILES string of the molecule is CC[C@H]1OC(=O)[C@H](C)C(=O)[C@H](C)[C@@H](O[C@@H]2O[C@H](C)C[C@H](N(C)C)[C@H]2OC(=O)c2ccccc2)[C@@](C)(OCCC=C2C=NC3C=CC=CC3=C2)C[C@@H](C)CN2C(C)C2[C@]1(C)O. The predicted molar refractivity (Wildman–Crippen MR) is 231 cm³/mol. The van der Waals surface area contributed by atoms with Crippen LogP contribution in [0, 0.1) is 17.8 Å². The van der Waals surface area contributed by atoms with E-state index >= 15 is 0 Å². The van der Waals surface area contributed by atoms with E-state index < -0.39 is 59.6 Å². The number of benzene rings is 1. The normalized spacial score (nSPS) is 40.3. The van der Waals surface area contributed by atoms with Gasteiger partial charge in [0.15, 0.2) is 18.2 Å². The Bertz CT molecular complexity index is 1850. The number of rotatable bonds is 10. The second kappa shape index (κ2) is 19.1. The van der Waals surface area contributed by atoms with Gasteiger partial charge in [0.1, 0.15) is 17.6 Å². The van der Waals surface area contributed by atoms with E-state index in [1.165, 1.54) is 0 Å². The van der Waals surface area contributed by atoms with Gasteiger partial charge in [-0.15, -0.1) is 0 Å². The van der Waals surface area contributed by atoms with Crippen LogP contribution in [-0.2, 0) is 33.3 Å². The van der Waals surface area contributed by atoms with E-state index in [-0.39, 0.29) is 42.0 Å². The summed E-state index contributed by atoms with van der Waals surface area (Å²) in [6.07, 6.45) is 12.3. The number of dihydropyridines is 1. The van der Waals surface area contributed by atoms with Crippen LogP contribution in [0.15, 0.2) is 82.9 Å². The summed E-state index contributed by atoms with van der Waals surface area (Å²) in [5, 5.41) is 11.9. The molecule has 0 amide bonds. The van der Waals surface area contributed by atoms with E-state index in [1.807, 2.05) is 64.2 Å². The molecule has 1 aromatic carbocycles. The van der Waals surface area contributed by atoms with Crippen LogP contribution in [0.5, 0.6) is 0 Å². The van der Waals surface area contributed by atoms with Crippen molar-refractivity contribution < 1.29 is 43.2 Å². The van der Waals surface area contributed by atoms with E-state index in [9.17, 15) is 19.5 Å². The van der Waals surface area contributed by atoms with E-state index in [2.05, 4.69) is 43.1 Å². The van der Waals surface area contributed by atoms with Gasteiger partial charge in [0, 0.05) is 24.7 Å². The van der Waals surface area contributed by atoms with Crippen molar-refractivity contribution in [3.05, 3.63) is 83.5 Å². The highest BCUT2D eigenvalue weighted by atomic mass is 16.7. The molecule has 1 aliphatic carbocycles. The highest BCUT2D eigenvalue weighted by Crippen LogP contribution is 2.43. The van der Waals surface area contributed by atoms with Crippen molar-refractivity contribution >= 4 is 23.9 Å². The average molecular weight is 830 g/mol. The maximum atomic E-state index is 14.7. The van der Waals surface area contributed by atoms with Crippen molar-refractivity contribution in [1.29, 1.82) is 0 Å². The lowest BCUT2D eigenvalue weighted by Gasteiger charge is -2.48. The summed E-state index contributed by atoms with van der Waals surface area (Å²) in [5.74, 6) is -3.65. The number of likely N-dealkylation sites (N-methyl/N-ethyl adjacent to an activating group) is 1. The molecule has 328 valence electrons. The summed E-state index contributed by atoms with van der Waals surface area (Å²) in [5.41, 5.74) is 0.0667. The molecule has 15 atom stereocenters. The molecule has 0 radical (unpaired) electrons. The maximum absolute atomic E-state index is 14.7. The average Bonchev–Trinajstić information content (AvgIpc) is 3.88. The minimum absolute atomic E-state index is 0.0127. The van der Waals surface area contributed by atoms with Gasteiger partial charge in [0.25, 0.3) is 0 Å². The first-order chi connectivity index (χ1) is 28.4. The van der Waals surface area contributed by atoms with Gasteiger partial charge in [-0.3, -0.25) is 19.5 Å². The third-order valence-electron chi connectivity index (χ3n) is 13.2. The molecule has 0 saturated carbocycles. The summed E-state index contributed by atoms with van der Waals surface area (Å²) >= 11 is 0. The van der Waals surface area contributed by atoms with Gasteiger partial charge in [-0.25, -0.2) is 4.79 Å². The van der Waals surface area contributed by atoms with Crippen molar-refractivity contribution in [3.8, 4) is 0 Å². The zero-order chi connectivity index (χ0) is 43.5. The van der Waals surface area contributed by atoms with Gasteiger partial charge < -0.3 is 33.7 Å². The molecule has 1 aromatic rings. The minimum Gasteiger partial charge on any atom is -0.459 e. The standard InChI is InChI=1S/C48H67N3O9/c1-11-39-48(8,55)42-33(6)51(42)28-29(2)26-47(7,56-23-17-18-34-25-36-21-15-16-22-37(36)49-27-34)43(31(4)40(52)32(5)44(53)58-39)60-46-41(38(50(9)10)24-30(3)57-46)59-45(54)35-19-13-12-14-20-35/h12-16,18-22,25,27,29-33,37-39,41-43,46,55H,11,17,23-24,26,28H2,1-10H3/t29-,30-,31+,32-,33?,37?,38+,39-,41-,42?,43-,46+,47+,48-,51?/m1/s1. The van der Waals surface area contributed by atoms with Crippen LogP contribution in [0.25, 0.3) is 0 Å². The number of ether oxygens (including phenoxy) is 5. The molecule has 0 bridgehead atoms. The number of aliphatic imine (C=N–C) groups is 1. The Labute approximate surface area is 356 Å². The third-order valence-corrected chi connectivity index (χ3v) is 13.2. The smallest absolute Gasteiger partial charge is 0.338 e. The van der Waals surface area contributed by atoms with Gasteiger partial charge in [-0.1, -0.05) is 69.4 Å². The van der Waals surface area contributed by atoms with Crippen LogP contribution < -0.4 is 0 Å². The van der Waals surface area contributed by atoms with Crippen LogP contribution in [0.1, 0.15) is 91.4 Å². The summed E-state index contributed by atoms with van der Waals surface area (Å²) in [4.78, 5) is 51.2. The number of hydrogen-bond acceptors (Lipinski definition) is 12. The topological polar surface area (TPSA) is 136 Å². The summed E-state index contributed by atoms with van der Waals surface area (Å²) < 4.78 is 33.0. The Balaban J connectivity index is 1.37. The monoisotopic (exact) mass is 829 g/mol. The van der Waals surface area contributed by atoms with Crippen molar-refractivity contribution in [2.45, 2.75) is 147 Å². The Morgan fingerprint density at radius 1 is 1.08 bits per heavy atom. The lowest BCUT2D eigenvalue weighted by molar-refractivity contribution is -0.297. The summed E-state index contributed by atoms with van der Waals surface area (Å²) in [7, 11) is 3.87. The number of allylic oxidation sites excluding steroid dienone is 4. The van der Waals surface area contributed by atoms with E-state index in [1.54, 1.807) is 45.0 Å². The Hall–Kier alpha value is -3.78. The Kier molecular flexibility index (Phi) is 14.6. The molecular weight excluding hydrogens is 763 g/mol. The van der Waals surface area contributed by atoms with Crippen LogP contribution >= 0.6 is 0 Å². The number of aliphatic hydroxyl groups is 1. The molecule has 4 unspecified atom stereocenters. The largest absolute Gasteiger partial charge is 0.459 e. The number of fused-ring (bicyclic) bond motifs is 2. The number of nitrogens with zero attached hydrogens (tertiary/aromatic N) is 3. The Morgan fingerprint density at radius 3 is 2.52 bits per heavy atom. The fourth-order valence-corrected chi connectivity index (χ4v) is 9.90. The summed E-state index contributed by atoms with van der Waals surface area (Å²) in [6.45, 7) is 16.0. The predicted octanol–water partition coefficient (Wildman–Crippen LogP) is 6.29. The van der Waals surface area contributed by atoms with Crippen LogP contribution in [0.2, 0.25) is 0 Å². The second-order valence-electron chi connectivity index (χ2n) is 18.3. The van der Waals surface area contributed by atoms with Gasteiger partial charge in [0.05, 0.1) is 48.1 Å². The first kappa shape index (κ1) is 45.7. The molecule has 5 aliphatic rings. The highest BCUT2D eigenvalue weighted by molar-refractivity contribution is 6.00. The fourth-order valence-electron chi connectivity index (χ4n) is 9.90. The zero-order valence-corrected chi connectivity index (χ0v) is 37.2. The van der Waals surface area contributed by atoms with Gasteiger partial charge in [0.2, 0.25) is 0 Å².